The second-order valence-electron chi connectivity index (χ2n) is 7.18. The fourth-order valence-corrected chi connectivity index (χ4v) is 2.44. The summed E-state index contributed by atoms with van der Waals surface area (Å²) < 4.78 is 10.6. The van der Waals surface area contributed by atoms with E-state index in [1.54, 1.807) is 20.8 Å². The van der Waals surface area contributed by atoms with Crippen molar-refractivity contribution in [3.8, 4) is 11.5 Å². The lowest BCUT2D eigenvalue weighted by Crippen LogP contribution is -2.37. The van der Waals surface area contributed by atoms with Crippen molar-refractivity contribution >= 4 is 29.3 Å². The molecule has 2 aromatic rings. The Morgan fingerprint density at radius 3 is 2.30 bits per heavy atom. The number of hydrogen-bond acceptors (Lipinski definition) is 6. The van der Waals surface area contributed by atoms with Crippen LogP contribution in [0, 0.1) is 10.1 Å². The number of carbonyl (C=O) groups excluding carboxylic acids is 2. The molecule has 0 radical (unpaired) electrons. The first-order valence-corrected chi connectivity index (χ1v) is 9.40. The summed E-state index contributed by atoms with van der Waals surface area (Å²) in [6.07, 6.45) is -0.561. The molecule has 2 aromatic carbocycles. The molecule has 0 saturated heterocycles. The third kappa shape index (κ3) is 7.25. The van der Waals surface area contributed by atoms with Gasteiger partial charge in [0.25, 0.3) is 5.91 Å². The van der Waals surface area contributed by atoms with Gasteiger partial charge in [-0.2, -0.15) is 0 Å². The molecule has 10 heteroatoms. The Balaban J connectivity index is 1.88. The molecule has 0 spiro atoms. The van der Waals surface area contributed by atoms with Crippen LogP contribution in [0.4, 0.5) is 10.5 Å². The fraction of sp³-hybridized carbons (Fsp3) is 0.300. The quantitative estimate of drug-likeness (QED) is 0.380. The standard InChI is InChI=1S/C20H22ClN3O6/c1-20(2,3)30-19(26)23-11-10-22-18(25)13-4-7-15(8-5-13)29-17-9-6-14(21)12-16(17)24(27)28/h4-9,12H,10-11H2,1-3H3,(H,22,25)(H,23,26). The van der Waals surface area contributed by atoms with Crippen molar-refractivity contribution in [1.29, 1.82) is 0 Å². The first-order chi connectivity index (χ1) is 14.0. The van der Waals surface area contributed by atoms with Crippen molar-refractivity contribution in [3.63, 3.8) is 0 Å². The van der Waals surface area contributed by atoms with Gasteiger partial charge < -0.3 is 20.1 Å². The molecule has 30 heavy (non-hydrogen) atoms. The third-order valence-corrected chi connectivity index (χ3v) is 3.78. The van der Waals surface area contributed by atoms with E-state index in [4.69, 9.17) is 21.1 Å². The SMILES string of the molecule is CC(C)(C)OC(=O)NCCNC(=O)c1ccc(Oc2ccc(Cl)cc2[N+](=O)[O-])cc1. The summed E-state index contributed by atoms with van der Waals surface area (Å²) in [6, 6.07) is 10.2. The number of nitrogens with zero attached hydrogens (tertiary/aromatic N) is 1. The molecule has 0 unspecified atom stereocenters. The summed E-state index contributed by atoms with van der Waals surface area (Å²) in [5.74, 6) is 0.0170. The molecule has 9 nitrogen and oxygen atoms in total. The number of halogens is 1. The monoisotopic (exact) mass is 435 g/mol. The van der Waals surface area contributed by atoms with Crippen LogP contribution in [0.3, 0.4) is 0 Å². The van der Waals surface area contributed by atoms with E-state index < -0.39 is 16.6 Å². The molecule has 0 heterocycles. The molecule has 0 fully saturated rings. The van der Waals surface area contributed by atoms with Gasteiger partial charge >= 0.3 is 11.8 Å². The van der Waals surface area contributed by atoms with Crippen molar-refractivity contribution in [2.45, 2.75) is 26.4 Å². The van der Waals surface area contributed by atoms with Crippen molar-refractivity contribution in [3.05, 3.63) is 63.2 Å². The molecular weight excluding hydrogens is 414 g/mol. The minimum atomic E-state index is -0.594. The lowest BCUT2D eigenvalue weighted by molar-refractivity contribution is -0.385. The van der Waals surface area contributed by atoms with Crippen LogP contribution in [0.1, 0.15) is 31.1 Å². The number of hydrogen-bond donors (Lipinski definition) is 2. The highest BCUT2D eigenvalue weighted by Gasteiger charge is 2.17. The molecular formula is C20H22ClN3O6. The maximum Gasteiger partial charge on any atom is 0.407 e. The largest absolute Gasteiger partial charge is 0.450 e. The molecule has 0 aliphatic rings. The first kappa shape index (κ1) is 23.0. The fourth-order valence-electron chi connectivity index (χ4n) is 2.28. The van der Waals surface area contributed by atoms with Gasteiger partial charge in [0.05, 0.1) is 4.92 Å². The van der Waals surface area contributed by atoms with Crippen LogP contribution in [-0.2, 0) is 4.74 Å². The molecule has 2 N–H and O–H groups in total. The second kappa shape index (κ2) is 9.93. The molecule has 0 aliphatic carbocycles. The number of nitro benzene ring substituents is 1. The van der Waals surface area contributed by atoms with Crippen LogP contribution in [0.5, 0.6) is 11.5 Å². The first-order valence-electron chi connectivity index (χ1n) is 9.02. The minimum absolute atomic E-state index is 0.0369. The Kier molecular flexibility index (Phi) is 7.60. The Hall–Kier alpha value is -3.33. The number of nitro groups is 1. The summed E-state index contributed by atoms with van der Waals surface area (Å²) in [4.78, 5) is 34.2. The summed E-state index contributed by atoms with van der Waals surface area (Å²) >= 11 is 5.78. The topological polar surface area (TPSA) is 120 Å². The molecule has 2 amide bonds. The van der Waals surface area contributed by atoms with E-state index in [1.807, 2.05) is 0 Å². The maximum atomic E-state index is 12.2. The van der Waals surface area contributed by atoms with Crippen molar-refractivity contribution in [2.75, 3.05) is 13.1 Å². The van der Waals surface area contributed by atoms with Gasteiger partial charge in [-0.15, -0.1) is 0 Å². The molecule has 2 rings (SSSR count). The van der Waals surface area contributed by atoms with Gasteiger partial charge in [0, 0.05) is 29.7 Å². The molecule has 0 aromatic heterocycles. The predicted octanol–water partition coefficient (Wildman–Crippen LogP) is 4.30. The van der Waals surface area contributed by atoms with E-state index in [9.17, 15) is 19.7 Å². The molecule has 0 saturated carbocycles. The predicted molar refractivity (Wildman–Crippen MR) is 111 cm³/mol. The lowest BCUT2D eigenvalue weighted by atomic mass is 10.2. The average molecular weight is 436 g/mol. The van der Waals surface area contributed by atoms with Crippen LogP contribution < -0.4 is 15.4 Å². The lowest BCUT2D eigenvalue weighted by Gasteiger charge is -2.19. The molecule has 160 valence electrons. The number of nitrogens with one attached hydrogen (secondary N) is 2. The van der Waals surface area contributed by atoms with Crippen LogP contribution in [-0.4, -0.2) is 35.6 Å². The van der Waals surface area contributed by atoms with Crippen LogP contribution in [0.2, 0.25) is 5.02 Å². The van der Waals surface area contributed by atoms with Gasteiger partial charge in [-0.3, -0.25) is 14.9 Å². The van der Waals surface area contributed by atoms with E-state index in [0.717, 1.165) is 0 Å². The number of amides is 2. The van der Waals surface area contributed by atoms with Crippen molar-refractivity contribution < 1.29 is 24.0 Å². The zero-order valence-corrected chi connectivity index (χ0v) is 17.5. The molecule has 0 atom stereocenters. The van der Waals surface area contributed by atoms with Gasteiger partial charge in [-0.05, 0) is 57.2 Å². The smallest absolute Gasteiger partial charge is 0.407 e. The number of benzene rings is 2. The Labute approximate surface area is 178 Å². The highest BCUT2D eigenvalue weighted by molar-refractivity contribution is 6.30. The van der Waals surface area contributed by atoms with E-state index >= 15 is 0 Å². The van der Waals surface area contributed by atoms with E-state index in [-0.39, 0.29) is 35.5 Å². The van der Waals surface area contributed by atoms with Gasteiger partial charge in [0.1, 0.15) is 11.4 Å². The van der Waals surface area contributed by atoms with Gasteiger partial charge in [0.2, 0.25) is 5.75 Å². The third-order valence-electron chi connectivity index (χ3n) is 3.54. The Bertz CT molecular complexity index is 925. The average Bonchev–Trinajstić information content (AvgIpc) is 2.65. The molecule has 0 aliphatic heterocycles. The summed E-state index contributed by atoms with van der Waals surface area (Å²) in [5, 5.41) is 16.6. The second-order valence-corrected chi connectivity index (χ2v) is 7.62. The zero-order valence-electron chi connectivity index (χ0n) is 16.7. The summed E-state index contributed by atoms with van der Waals surface area (Å²) in [7, 11) is 0. The number of alkyl carbamates (subject to hydrolysis) is 1. The minimum Gasteiger partial charge on any atom is -0.450 e. The maximum absolute atomic E-state index is 12.2. The van der Waals surface area contributed by atoms with Crippen LogP contribution >= 0.6 is 11.6 Å². The highest BCUT2D eigenvalue weighted by Crippen LogP contribution is 2.33. The van der Waals surface area contributed by atoms with Gasteiger partial charge in [0.15, 0.2) is 0 Å². The van der Waals surface area contributed by atoms with Crippen molar-refractivity contribution in [1.82, 2.24) is 10.6 Å². The number of carbonyl (C=O) groups is 2. The van der Waals surface area contributed by atoms with Crippen LogP contribution in [0.25, 0.3) is 0 Å². The number of rotatable bonds is 7. The summed E-state index contributed by atoms with van der Waals surface area (Å²) in [6.45, 7) is 5.70. The zero-order chi connectivity index (χ0) is 22.3. The van der Waals surface area contributed by atoms with Gasteiger partial charge in [-0.25, -0.2) is 4.79 Å². The Morgan fingerprint density at radius 1 is 1.07 bits per heavy atom. The Morgan fingerprint density at radius 2 is 1.70 bits per heavy atom. The molecule has 0 bridgehead atoms. The van der Waals surface area contributed by atoms with E-state index in [0.29, 0.717) is 11.3 Å². The summed E-state index contributed by atoms with van der Waals surface area (Å²) in [5.41, 5.74) is -0.490. The van der Waals surface area contributed by atoms with Gasteiger partial charge in [-0.1, -0.05) is 11.6 Å². The normalized spacial score (nSPS) is 10.8. The highest BCUT2D eigenvalue weighted by atomic mass is 35.5. The van der Waals surface area contributed by atoms with Crippen molar-refractivity contribution in [2.24, 2.45) is 0 Å². The van der Waals surface area contributed by atoms with E-state index in [2.05, 4.69) is 10.6 Å². The number of ether oxygens (including phenoxy) is 2. The van der Waals surface area contributed by atoms with E-state index in [1.165, 1.54) is 42.5 Å². The van der Waals surface area contributed by atoms with Crippen LogP contribution in [0.15, 0.2) is 42.5 Å².